The molecule has 4 rings (SSSR count). The van der Waals surface area contributed by atoms with E-state index < -0.39 is 11.0 Å². The largest absolute Gasteiger partial charge is 0.448 e. The number of hydrogen-bond donors (Lipinski definition) is 0. The second kappa shape index (κ2) is 4.95. The van der Waals surface area contributed by atoms with E-state index in [2.05, 4.69) is 45.0 Å². The van der Waals surface area contributed by atoms with Crippen molar-refractivity contribution >= 4 is 5.97 Å². The van der Waals surface area contributed by atoms with Crippen molar-refractivity contribution in [3.05, 3.63) is 71.8 Å². The molecule has 2 heteroatoms. The van der Waals surface area contributed by atoms with Gasteiger partial charge in [-0.25, -0.2) is 0 Å². The smallest absolute Gasteiger partial charge is 0.313 e. The van der Waals surface area contributed by atoms with Crippen LogP contribution < -0.4 is 0 Å². The first kappa shape index (κ1) is 15.4. The zero-order chi connectivity index (χ0) is 17.0. The van der Waals surface area contributed by atoms with Gasteiger partial charge in [0.1, 0.15) is 0 Å². The number of ether oxygens (including phenoxy) is 1. The van der Waals surface area contributed by atoms with Crippen molar-refractivity contribution in [3.8, 4) is 0 Å². The Labute approximate surface area is 143 Å². The third-order valence-electron chi connectivity index (χ3n) is 6.83. The fourth-order valence-corrected chi connectivity index (χ4v) is 4.97. The fraction of sp³-hybridized carbons (Fsp3) is 0.409. The van der Waals surface area contributed by atoms with Gasteiger partial charge in [-0.2, -0.15) is 0 Å². The van der Waals surface area contributed by atoms with Gasteiger partial charge in [0.05, 0.1) is 5.41 Å². The highest BCUT2D eigenvalue weighted by Crippen LogP contribution is 2.67. The molecular weight excluding hydrogens is 296 g/mol. The fourth-order valence-electron chi connectivity index (χ4n) is 4.97. The van der Waals surface area contributed by atoms with Gasteiger partial charge in [0, 0.05) is 17.0 Å². The predicted molar refractivity (Wildman–Crippen MR) is 94.4 cm³/mol. The van der Waals surface area contributed by atoms with Crippen LogP contribution in [0.4, 0.5) is 0 Å². The van der Waals surface area contributed by atoms with Gasteiger partial charge < -0.3 is 4.74 Å². The van der Waals surface area contributed by atoms with Crippen LogP contribution in [0.15, 0.2) is 60.7 Å². The molecule has 1 aliphatic carbocycles. The van der Waals surface area contributed by atoms with E-state index in [1.807, 2.05) is 36.4 Å². The van der Waals surface area contributed by atoms with Crippen molar-refractivity contribution in [2.24, 2.45) is 16.7 Å². The summed E-state index contributed by atoms with van der Waals surface area (Å²) in [5.41, 5.74) is 0.941. The summed E-state index contributed by atoms with van der Waals surface area (Å²) in [6, 6.07) is 20.5. The van der Waals surface area contributed by atoms with Gasteiger partial charge in [-0.05, 0) is 25.2 Å². The van der Waals surface area contributed by atoms with Crippen molar-refractivity contribution in [1.29, 1.82) is 0 Å². The Bertz CT molecular complexity index is 724. The molecule has 1 saturated carbocycles. The van der Waals surface area contributed by atoms with E-state index in [1.165, 1.54) is 0 Å². The molecular formula is C22H24O2. The molecule has 0 amide bonds. The Morgan fingerprint density at radius 2 is 1.38 bits per heavy atom. The van der Waals surface area contributed by atoms with Crippen LogP contribution in [0.3, 0.4) is 0 Å². The van der Waals surface area contributed by atoms with Crippen molar-refractivity contribution in [2.75, 3.05) is 0 Å². The summed E-state index contributed by atoms with van der Waals surface area (Å²) in [6.07, 6.45) is 1.89. The van der Waals surface area contributed by atoms with Crippen molar-refractivity contribution in [3.63, 3.8) is 0 Å². The van der Waals surface area contributed by atoms with Gasteiger partial charge in [0.15, 0.2) is 5.60 Å². The summed E-state index contributed by atoms with van der Waals surface area (Å²) < 4.78 is 6.33. The maximum absolute atomic E-state index is 13.1. The molecule has 0 radical (unpaired) electrons. The van der Waals surface area contributed by atoms with E-state index in [0.717, 1.165) is 24.0 Å². The number of cyclic esters (lactones) is 1. The highest BCUT2D eigenvalue weighted by molar-refractivity contribution is 5.81. The minimum atomic E-state index is -0.695. The Balaban J connectivity index is 2.01. The van der Waals surface area contributed by atoms with E-state index in [0.29, 0.717) is 0 Å². The van der Waals surface area contributed by atoms with E-state index in [9.17, 15) is 4.79 Å². The second-order valence-electron chi connectivity index (χ2n) is 8.00. The molecule has 0 aromatic heterocycles. The van der Waals surface area contributed by atoms with Crippen LogP contribution in [0.5, 0.6) is 0 Å². The summed E-state index contributed by atoms with van der Waals surface area (Å²) in [4.78, 5) is 13.1. The Hall–Kier alpha value is -2.09. The first-order valence-corrected chi connectivity index (χ1v) is 8.77. The SMILES string of the molecule is CC12CCC(C(c3ccccc3)(c3ccccc3)OC1=O)C2(C)C. The molecule has 2 aliphatic rings. The number of rotatable bonds is 2. The lowest BCUT2D eigenvalue weighted by Gasteiger charge is -2.54. The first-order valence-electron chi connectivity index (χ1n) is 8.77. The number of fused-ring (bicyclic) bond motifs is 2. The minimum Gasteiger partial charge on any atom is -0.448 e. The molecule has 24 heavy (non-hydrogen) atoms. The molecule has 2 nitrogen and oxygen atoms in total. The molecule has 124 valence electrons. The van der Waals surface area contributed by atoms with Gasteiger partial charge in [-0.1, -0.05) is 74.5 Å². The minimum absolute atomic E-state index is 0.0612. The molecule has 2 fully saturated rings. The number of esters is 1. The molecule has 2 atom stereocenters. The molecule has 2 aromatic carbocycles. The number of carbonyl (C=O) groups is 1. The molecule has 2 bridgehead atoms. The third kappa shape index (κ3) is 1.74. The van der Waals surface area contributed by atoms with Crippen LogP contribution in [-0.2, 0) is 15.1 Å². The lowest BCUT2D eigenvalue weighted by atomic mass is 9.57. The van der Waals surface area contributed by atoms with Crippen LogP contribution in [-0.4, -0.2) is 5.97 Å². The lowest BCUT2D eigenvalue weighted by Crippen LogP contribution is -2.57. The van der Waals surface area contributed by atoms with Gasteiger partial charge >= 0.3 is 5.97 Å². The average Bonchev–Trinajstić information content (AvgIpc) is 2.76. The quantitative estimate of drug-likeness (QED) is 0.733. The van der Waals surface area contributed by atoms with E-state index in [4.69, 9.17) is 4.74 Å². The van der Waals surface area contributed by atoms with Gasteiger partial charge in [-0.15, -0.1) is 0 Å². The number of hydrogen-bond acceptors (Lipinski definition) is 2. The Kier molecular flexibility index (Phi) is 3.19. The molecule has 1 saturated heterocycles. The summed E-state index contributed by atoms with van der Waals surface area (Å²) >= 11 is 0. The van der Waals surface area contributed by atoms with Gasteiger partial charge in [0.25, 0.3) is 0 Å². The third-order valence-corrected chi connectivity index (χ3v) is 6.83. The molecule has 1 aliphatic heterocycles. The maximum Gasteiger partial charge on any atom is 0.313 e. The monoisotopic (exact) mass is 320 g/mol. The number of carbonyl (C=O) groups excluding carboxylic acids is 1. The molecule has 2 aromatic rings. The van der Waals surface area contributed by atoms with Crippen LogP contribution in [0.1, 0.15) is 44.7 Å². The molecule has 0 N–H and O–H groups in total. The van der Waals surface area contributed by atoms with Crippen LogP contribution in [0.2, 0.25) is 0 Å². The van der Waals surface area contributed by atoms with E-state index >= 15 is 0 Å². The van der Waals surface area contributed by atoms with Crippen molar-refractivity contribution < 1.29 is 9.53 Å². The average molecular weight is 320 g/mol. The topological polar surface area (TPSA) is 26.3 Å². The molecule has 1 heterocycles. The van der Waals surface area contributed by atoms with Gasteiger partial charge in [0.2, 0.25) is 0 Å². The van der Waals surface area contributed by atoms with E-state index in [-0.39, 0.29) is 17.3 Å². The number of benzene rings is 2. The Morgan fingerprint density at radius 3 is 1.88 bits per heavy atom. The Morgan fingerprint density at radius 1 is 0.875 bits per heavy atom. The predicted octanol–water partition coefficient (Wildman–Crippen LogP) is 4.93. The summed E-state index contributed by atoms with van der Waals surface area (Å²) in [6.45, 7) is 6.56. The summed E-state index contributed by atoms with van der Waals surface area (Å²) in [5.74, 6) is 0.200. The van der Waals surface area contributed by atoms with Crippen molar-refractivity contribution in [1.82, 2.24) is 0 Å². The highest BCUT2D eigenvalue weighted by atomic mass is 16.6. The standard InChI is InChI=1S/C22H24O2/c1-20(2)18-14-15-21(20,3)19(23)24-22(18,16-10-6-4-7-11-16)17-12-8-5-9-13-17/h4-13,18H,14-15H2,1-3H3. The molecule has 2 unspecified atom stereocenters. The van der Waals surface area contributed by atoms with Crippen LogP contribution in [0.25, 0.3) is 0 Å². The normalized spacial score (nSPS) is 30.0. The maximum atomic E-state index is 13.1. The zero-order valence-corrected chi connectivity index (χ0v) is 14.6. The lowest BCUT2D eigenvalue weighted by molar-refractivity contribution is -0.203. The van der Waals surface area contributed by atoms with Crippen LogP contribution >= 0.6 is 0 Å². The molecule has 0 spiro atoms. The zero-order valence-electron chi connectivity index (χ0n) is 14.6. The van der Waals surface area contributed by atoms with Crippen molar-refractivity contribution in [2.45, 2.75) is 39.2 Å². The first-order chi connectivity index (χ1) is 11.4. The van der Waals surface area contributed by atoms with Gasteiger partial charge in [-0.3, -0.25) is 4.79 Å². The van der Waals surface area contributed by atoms with Crippen LogP contribution in [0, 0.1) is 16.7 Å². The second-order valence-corrected chi connectivity index (χ2v) is 8.00. The highest BCUT2D eigenvalue weighted by Gasteiger charge is 2.69. The summed E-state index contributed by atoms with van der Waals surface area (Å²) in [7, 11) is 0. The van der Waals surface area contributed by atoms with E-state index in [1.54, 1.807) is 0 Å². The summed E-state index contributed by atoms with van der Waals surface area (Å²) in [5, 5.41) is 0.